The molecular weight excluding hydrogens is 711 g/mol. The van der Waals surface area contributed by atoms with E-state index in [-0.39, 0.29) is 10.8 Å². The summed E-state index contributed by atoms with van der Waals surface area (Å²) < 4.78 is 2.28. The van der Waals surface area contributed by atoms with Gasteiger partial charge in [0.2, 0.25) is 0 Å². The maximum Gasteiger partial charge on any atom is 0.164 e. The molecule has 7 heteroatoms. The van der Waals surface area contributed by atoms with Gasteiger partial charge in [0, 0.05) is 46.4 Å². The van der Waals surface area contributed by atoms with E-state index < -0.39 is 0 Å². The zero-order valence-electron chi connectivity index (χ0n) is 35.3. The number of aryl methyl sites for hydroxylation is 3. The number of anilines is 3. The summed E-state index contributed by atoms with van der Waals surface area (Å²) in [5.41, 5.74) is 14.4. The molecule has 0 aliphatic carbocycles. The van der Waals surface area contributed by atoms with Crippen LogP contribution < -0.4 is 9.80 Å². The standard InChI is InChI=1S/C51H51N7/c1-31-23-32(2)46(33(3)24-31)49-54-47(34-19-20-40-39-15-11-12-16-41(39)58(44(40)27-34)45-29-36(21-22-52-45)50(4,5)6)53-48(55-49)35-25-37(51(7,8)9)28-38(26-35)57-30-56(10)42-17-13-14-18-43(42)57/h11-29H,30H2,1-10H3. The Morgan fingerprint density at radius 2 is 1.19 bits per heavy atom. The van der Waals surface area contributed by atoms with Gasteiger partial charge in [-0.05, 0) is 108 Å². The van der Waals surface area contributed by atoms with Crippen molar-refractivity contribution in [3.05, 3.63) is 143 Å². The fourth-order valence-corrected chi connectivity index (χ4v) is 8.57. The third-order valence-corrected chi connectivity index (χ3v) is 11.6. The molecule has 0 N–H and O–H groups in total. The number of para-hydroxylation sites is 3. The maximum absolute atomic E-state index is 5.36. The number of aromatic nitrogens is 5. The Morgan fingerprint density at radius 1 is 0.552 bits per heavy atom. The van der Waals surface area contributed by atoms with Gasteiger partial charge in [-0.15, -0.1) is 0 Å². The molecule has 0 bridgehead atoms. The molecule has 0 unspecified atom stereocenters. The van der Waals surface area contributed by atoms with Crippen molar-refractivity contribution in [2.75, 3.05) is 23.5 Å². The van der Waals surface area contributed by atoms with Crippen molar-refractivity contribution in [2.24, 2.45) is 0 Å². The molecular formula is C51H51N7. The van der Waals surface area contributed by atoms with E-state index in [1.807, 2.05) is 6.20 Å². The second-order valence-electron chi connectivity index (χ2n) is 18.1. The molecule has 3 aromatic heterocycles. The van der Waals surface area contributed by atoms with Crippen LogP contribution in [0.25, 0.3) is 61.8 Å². The monoisotopic (exact) mass is 761 g/mol. The first-order valence-corrected chi connectivity index (χ1v) is 20.2. The first kappa shape index (κ1) is 37.2. The molecule has 0 radical (unpaired) electrons. The zero-order valence-corrected chi connectivity index (χ0v) is 35.3. The highest BCUT2D eigenvalue weighted by molar-refractivity contribution is 6.10. The Labute approximate surface area is 342 Å². The predicted molar refractivity (Wildman–Crippen MR) is 242 cm³/mol. The van der Waals surface area contributed by atoms with Gasteiger partial charge in [-0.25, -0.2) is 19.9 Å². The fourth-order valence-electron chi connectivity index (χ4n) is 8.57. The summed E-state index contributed by atoms with van der Waals surface area (Å²) >= 11 is 0. The first-order valence-electron chi connectivity index (χ1n) is 20.2. The second-order valence-corrected chi connectivity index (χ2v) is 18.1. The molecule has 9 rings (SSSR count). The Hall–Kier alpha value is -6.34. The van der Waals surface area contributed by atoms with Crippen LogP contribution in [0.2, 0.25) is 0 Å². The van der Waals surface area contributed by atoms with Gasteiger partial charge in [0.05, 0.1) is 29.1 Å². The van der Waals surface area contributed by atoms with Crippen molar-refractivity contribution in [1.82, 2.24) is 24.5 Å². The molecule has 0 saturated carbocycles. The molecule has 1 aliphatic rings. The number of nitrogens with zero attached hydrogens (tertiary/aromatic N) is 7. The van der Waals surface area contributed by atoms with Crippen LogP contribution in [-0.4, -0.2) is 38.2 Å². The summed E-state index contributed by atoms with van der Waals surface area (Å²) in [4.78, 5) is 25.6. The molecule has 0 amide bonds. The van der Waals surface area contributed by atoms with E-state index in [9.17, 15) is 0 Å². The van der Waals surface area contributed by atoms with Crippen molar-refractivity contribution in [1.29, 1.82) is 0 Å². The normalized spacial score (nSPS) is 13.2. The fraction of sp³-hybridized carbons (Fsp3) is 0.255. The van der Waals surface area contributed by atoms with Crippen LogP contribution in [0.15, 0.2) is 115 Å². The lowest BCUT2D eigenvalue weighted by Crippen LogP contribution is -2.24. The average molecular weight is 762 g/mol. The van der Waals surface area contributed by atoms with Crippen LogP contribution in [0.5, 0.6) is 0 Å². The van der Waals surface area contributed by atoms with Crippen LogP contribution in [0, 0.1) is 20.8 Å². The van der Waals surface area contributed by atoms with E-state index in [1.165, 1.54) is 33.5 Å². The lowest BCUT2D eigenvalue weighted by atomic mass is 9.85. The van der Waals surface area contributed by atoms with Crippen molar-refractivity contribution < 1.29 is 0 Å². The topological polar surface area (TPSA) is 63.0 Å². The molecule has 0 saturated heterocycles. The molecule has 0 fully saturated rings. The van der Waals surface area contributed by atoms with Gasteiger partial charge in [0.1, 0.15) is 5.82 Å². The summed E-state index contributed by atoms with van der Waals surface area (Å²) in [5, 5.41) is 2.33. The van der Waals surface area contributed by atoms with Crippen LogP contribution in [0.4, 0.5) is 17.1 Å². The van der Waals surface area contributed by atoms with Crippen molar-refractivity contribution in [3.8, 4) is 40.0 Å². The van der Waals surface area contributed by atoms with E-state index >= 15 is 0 Å². The van der Waals surface area contributed by atoms with E-state index in [0.717, 1.165) is 62.4 Å². The lowest BCUT2D eigenvalue weighted by Gasteiger charge is -2.25. The van der Waals surface area contributed by atoms with Crippen LogP contribution in [-0.2, 0) is 10.8 Å². The number of benzene rings is 5. The smallest absolute Gasteiger partial charge is 0.164 e. The Balaban J connectivity index is 1.29. The highest BCUT2D eigenvalue weighted by Crippen LogP contribution is 2.43. The highest BCUT2D eigenvalue weighted by atomic mass is 15.4. The minimum atomic E-state index is -0.116. The average Bonchev–Trinajstić information content (AvgIpc) is 3.71. The summed E-state index contributed by atoms with van der Waals surface area (Å²) in [5.74, 6) is 2.83. The highest BCUT2D eigenvalue weighted by Gasteiger charge is 2.27. The third kappa shape index (κ3) is 6.48. The summed E-state index contributed by atoms with van der Waals surface area (Å²) in [6.07, 6.45) is 1.93. The number of hydrogen-bond donors (Lipinski definition) is 0. The van der Waals surface area contributed by atoms with Crippen molar-refractivity contribution in [2.45, 2.75) is 73.1 Å². The molecule has 7 nitrogen and oxygen atoms in total. The summed E-state index contributed by atoms with van der Waals surface area (Å²) in [6.45, 7) is 20.7. The lowest BCUT2D eigenvalue weighted by molar-refractivity contribution is 0.588. The molecule has 5 aromatic carbocycles. The molecule has 1 aliphatic heterocycles. The second kappa shape index (κ2) is 13.7. The number of hydrogen-bond acceptors (Lipinski definition) is 6. The largest absolute Gasteiger partial charge is 0.355 e. The van der Waals surface area contributed by atoms with E-state index in [2.05, 4.69) is 193 Å². The molecule has 58 heavy (non-hydrogen) atoms. The van der Waals surface area contributed by atoms with Gasteiger partial charge >= 0.3 is 0 Å². The predicted octanol–water partition coefficient (Wildman–Crippen LogP) is 12.4. The van der Waals surface area contributed by atoms with Crippen molar-refractivity contribution >= 4 is 38.9 Å². The number of fused-ring (bicyclic) bond motifs is 4. The van der Waals surface area contributed by atoms with Gasteiger partial charge in [-0.2, -0.15) is 0 Å². The Morgan fingerprint density at radius 3 is 1.91 bits per heavy atom. The summed E-state index contributed by atoms with van der Waals surface area (Å²) in [6, 6.07) is 39.4. The van der Waals surface area contributed by atoms with Crippen LogP contribution in [0.1, 0.15) is 69.4 Å². The van der Waals surface area contributed by atoms with E-state index in [0.29, 0.717) is 17.5 Å². The minimum absolute atomic E-state index is 0.0240. The number of rotatable bonds is 5. The van der Waals surface area contributed by atoms with Crippen LogP contribution >= 0.6 is 0 Å². The molecule has 4 heterocycles. The Bertz CT molecular complexity index is 2880. The quantitative estimate of drug-likeness (QED) is 0.174. The van der Waals surface area contributed by atoms with Crippen molar-refractivity contribution in [3.63, 3.8) is 0 Å². The van der Waals surface area contributed by atoms with Gasteiger partial charge in [-0.1, -0.05) is 102 Å². The minimum Gasteiger partial charge on any atom is -0.355 e. The third-order valence-electron chi connectivity index (χ3n) is 11.6. The van der Waals surface area contributed by atoms with Gasteiger partial charge < -0.3 is 9.80 Å². The maximum atomic E-state index is 5.36. The molecule has 8 aromatic rings. The molecule has 0 spiro atoms. The number of pyridine rings is 1. The van der Waals surface area contributed by atoms with Gasteiger partial charge in [0.25, 0.3) is 0 Å². The molecule has 0 atom stereocenters. The Kier molecular flexibility index (Phi) is 8.77. The molecule has 290 valence electrons. The van der Waals surface area contributed by atoms with Gasteiger partial charge in [-0.3, -0.25) is 4.57 Å². The first-order chi connectivity index (χ1) is 27.6. The van der Waals surface area contributed by atoms with Gasteiger partial charge in [0.15, 0.2) is 17.5 Å². The zero-order chi connectivity index (χ0) is 40.7. The van der Waals surface area contributed by atoms with E-state index in [4.69, 9.17) is 19.9 Å². The summed E-state index contributed by atoms with van der Waals surface area (Å²) in [7, 11) is 2.15. The SMILES string of the molecule is Cc1cc(C)c(-c2nc(-c3cc(N4CN(C)c5ccccc54)cc(C(C)(C)C)c3)nc(-c3ccc4c5ccccc5n(-c5cc(C(C)(C)C)ccn5)c4c3)n2)c(C)c1. The van der Waals surface area contributed by atoms with Crippen LogP contribution in [0.3, 0.4) is 0 Å². The van der Waals surface area contributed by atoms with E-state index in [1.54, 1.807) is 0 Å².